The largest absolute Gasteiger partial charge is 0.435 e. The summed E-state index contributed by atoms with van der Waals surface area (Å²) < 4.78 is 43.6. The molecule has 2 amide bonds. The summed E-state index contributed by atoms with van der Waals surface area (Å²) >= 11 is 16.4. The van der Waals surface area contributed by atoms with Crippen molar-refractivity contribution < 1.29 is 22.8 Å². The number of pyridine rings is 1. The number of anilines is 1. The third-order valence-corrected chi connectivity index (χ3v) is 5.78. The molecule has 0 saturated carbocycles. The van der Waals surface area contributed by atoms with Gasteiger partial charge < -0.3 is 5.32 Å². The van der Waals surface area contributed by atoms with Crippen molar-refractivity contribution in [3.8, 4) is 5.82 Å². The van der Waals surface area contributed by atoms with E-state index >= 15 is 0 Å². The molecule has 7 nitrogen and oxygen atoms in total. The van der Waals surface area contributed by atoms with Crippen molar-refractivity contribution >= 4 is 68.6 Å². The van der Waals surface area contributed by atoms with Crippen LogP contribution in [-0.2, 0) is 6.18 Å². The Kier molecular flexibility index (Phi) is 7.93. The first-order chi connectivity index (χ1) is 15.5. The molecule has 3 aromatic rings. The van der Waals surface area contributed by atoms with E-state index in [1.807, 2.05) is 6.92 Å². The number of amides is 2. The van der Waals surface area contributed by atoms with Gasteiger partial charge in [-0.15, -0.1) is 0 Å². The Bertz CT molecular complexity index is 1220. The van der Waals surface area contributed by atoms with Crippen LogP contribution in [0.2, 0.25) is 10.0 Å². The van der Waals surface area contributed by atoms with Crippen molar-refractivity contribution in [1.82, 2.24) is 19.5 Å². The molecular weight excluding hydrogens is 570 g/mol. The second kappa shape index (κ2) is 10.3. The van der Waals surface area contributed by atoms with Gasteiger partial charge in [0.2, 0.25) is 0 Å². The second-order valence-electron chi connectivity index (χ2n) is 6.26. The lowest BCUT2D eigenvalue weighted by Crippen LogP contribution is -2.22. The van der Waals surface area contributed by atoms with Crippen molar-refractivity contribution in [1.29, 1.82) is 0 Å². The Balaban J connectivity index is 2.08. The monoisotopic (exact) mass is 581 g/mol. The highest BCUT2D eigenvalue weighted by atomic mass is 79.9. The Morgan fingerprint density at radius 3 is 2.58 bits per heavy atom. The van der Waals surface area contributed by atoms with E-state index in [1.54, 1.807) is 0 Å². The number of hydrogen-bond acceptors (Lipinski definition) is 5. The third-order valence-electron chi connectivity index (χ3n) is 4.02. The smallest absolute Gasteiger partial charge is 0.319 e. The average Bonchev–Trinajstić information content (AvgIpc) is 3.20. The van der Waals surface area contributed by atoms with Gasteiger partial charge in [0.05, 0.1) is 16.3 Å². The number of nitrogens with one attached hydrogen (secondary N) is 2. The Labute approximate surface area is 208 Å². The Morgan fingerprint density at radius 1 is 1.21 bits per heavy atom. The van der Waals surface area contributed by atoms with E-state index in [-0.39, 0.29) is 31.6 Å². The van der Waals surface area contributed by atoms with E-state index < -0.39 is 29.4 Å². The summed E-state index contributed by atoms with van der Waals surface area (Å²) in [5.74, 6) is -1.13. The second-order valence-corrected chi connectivity index (χ2v) is 9.03. The van der Waals surface area contributed by atoms with Gasteiger partial charge in [0.1, 0.15) is 5.69 Å². The van der Waals surface area contributed by atoms with Crippen LogP contribution in [0.4, 0.5) is 18.9 Å². The molecule has 2 heterocycles. The van der Waals surface area contributed by atoms with Crippen molar-refractivity contribution in [2.75, 3.05) is 11.1 Å². The first-order valence-electron chi connectivity index (χ1n) is 9.03. The zero-order valence-electron chi connectivity index (χ0n) is 16.5. The van der Waals surface area contributed by atoms with Crippen molar-refractivity contribution in [3.05, 3.63) is 68.0 Å². The van der Waals surface area contributed by atoms with Crippen LogP contribution in [-0.4, -0.2) is 32.3 Å². The highest BCUT2D eigenvalue weighted by Crippen LogP contribution is 2.33. The number of halogens is 6. The predicted octanol–water partition coefficient (Wildman–Crippen LogP) is 6.01. The topological polar surface area (TPSA) is 88.9 Å². The normalized spacial score (nSPS) is 11.4. The Morgan fingerprint density at radius 2 is 1.94 bits per heavy atom. The molecular formula is C19H13BrCl2F3N5O2S. The SMILES string of the molecule is CCSNC(=O)c1cc(Cl)cc(Br)c1NC(=O)c1cc(C(F)(F)F)nn1-c1ncccc1Cl. The zero-order chi connectivity index (χ0) is 24.3. The zero-order valence-corrected chi connectivity index (χ0v) is 20.4. The van der Waals surface area contributed by atoms with Crippen LogP contribution >= 0.6 is 51.1 Å². The molecule has 33 heavy (non-hydrogen) atoms. The van der Waals surface area contributed by atoms with Crippen LogP contribution < -0.4 is 10.0 Å². The molecule has 0 saturated heterocycles. The summed E-state index contributed by atoms with van der Waals surface area (Å²) in [4.78, 5) is 29.6. The van der Waals surface area contributed by atoms with Gasteiger partial charge in [-0.1, -0.05) is 42.1 Å². The van der Waals surface area contributed by atoms with Crippen LogP contribution in [0.1, 0.15) is 33.5 Å². The summed E-state index contributed by atoms with van der Waals surface area (Å²) in [5, 5.41) is 6.12. The molecule has 0 fully saturated rings. The lowest BCUT2D eigenvalue weighted by atomic mass is 10.1. The first kappa shape index (κ1) is 25.3. The molecule has 0 aliphatic heterocycles. The first-order valence-corrected chi connectivity index (χ1v) is 11.6. The van der Waals surface area contributed by atoms with Gasteiger partial charge in [-0.3, -0.25) is 14.3 Å². The van der Waals surface area contributed by atoms with Crippen LogP contribution in [0.3, 0.4) is 0 Å². The van der Waals surface area contributed by atoms with E-state index in [9.17, 15) is 22.8 Å². The van der Waals surface area contributed by atoms with Crippen molar-refractivity contribution in [3.63, 3.8) is 0 Å². The van der Waals surface area contributed by atoms with Gasteiger partial charge in [0.15, 0.2) is 11.5 Å². The maximum Gasteiger partial charge on any atom is 0.435 e. The number of carbonyl (C=O) groups excluding carboxylic acids is 2. The van der Waals surface area contributed by atoms with E-state index in [2.05, 4.69) is 36.1 Å². The molecule has 0 aliphatic rings. The minimum atomic E-state index is -4.83. The van der Waals surface area contributed by atoms with Crippen LogP contribution in [0.15, 0.2) is 41.0 Å². The van der Waals surface area contributed by atoms with E-state index in [4.69, 9.17) is 23.2 Å². The van der Waals surface area contributed by atoms with Gasteiger partial charge in [0, 0.05) is 27.5 Å². The van der Waals surface area contributed by atoms with E-state index in [1.165, 1.54) is 30.5 Å². The highest BCUT2D eigenvalue weighted by molar-refractivity contribution is 9.10. The molecule has 0 spiro atoms. The molecule has 0 atom stereocenters. The third kappa shape index (κ3) is 5.81. The van der Waals surface area contributed by atoms with Gasteiger partial charge in [-0.05, 0) is 40.2 Å². The lowest BCUT2D eigenvalue weighted by Gasteiger charge is -2.14. The molecule has 14 heteroatoms. The molecule has 0 aliphatic carbocycles. The van der Waals surface area contributed by atoms with E-state index in [0.29, 0.717) is 16.5 Å². The van der Waals surface area contributed by atoms with Crippen LogP contribution in [0, 0.1) is 0 Å². The van der Waals surface area contributed by atoms with Crippen molar-refractivity contribution in [2.45, 2.75) is 13.1 Å². The van der Waals surface area contributed by atoms with Gasteiger partial charge in [0.25, 0.3) is 11.8 Å². The lowest BCUT2D eigenvalue weighted by molar-refractivity contribution is -0.141. The fraction of sp³-hybridized carbons (Fsp3) is 0.158. The highest BCUT2D eigenvalue weighted by Gasteiger charge is 2.37. The number of benzene rings is 1. The standard InChI is InChI=1S/C19H13BrCl2F3N5O2S/c1-2-33-29-17(31)10-6-9(21)7-11(20)15(10)27-18(32)13-8-14(19(23,24)25)28-30(13)16-12(22)4-3-5-26-16/h3-8H,2H2,1H3,(H,27,32)(H,29,31). The van der Waals surface area contributed by atoms with Crippen LogP contribution in [0.5, 0.6) is 0 Å². The van der Waals surface area contributed by atoms with E-state index in [0.717, 1.165) is 11.9 Å². The quantitative estimate of drug-likeness (QED) is 0.348. The summed E-state index contributed by atoms with van der Waals surface area (Å²) in [6.45, 7) is 1.82. The van der Waals surface area contributed by atoms with Gasteiger partial charge in [-0.25, -0.2) is 9.67 Å². The fourth-order valence-electron chi connectivity index (χ4n) is 2.63. The van der Waals surface area contributed by atoms with Gasteiger partial charge in [-0.2, -0.15) is 18.3 Å². The maximum absolute atomic E-state index is 13.3. The minimum Gasteiger partial charge on any atom is -0.319 e. The average molecular weight is 583 g/mol. The number of nitrogens with zero attached hydrogens (tertiary/aromatic N) is 3. The molecule has 0 radical (unpaired) electrons. The maximum atomic E-state index is 13.3. The number of aromatic nitrogens is 3. The molecule has 0 unspecified atom stereocenters. The summed E-state index contributed by atoms with van der Waals surface area (Å²) in [6, 6.07) is 6.18. The van der Waals surface area contributed by atoms with Crippen molar-refractivity contribution in [2.24, 2.45) is 0 Å². The molecule has 2 aromatic heterocycles. The molecule has 1 aromatic carbocycles. The number of carbonyl (C=O) groups is 2. The summed E-state index contributed by atoms with van der Waals surface area (Å²) in [6.07, 6.45) is -3.54. The van der Waals surface area contributed by atoms with Gasteiger partial charge >= 0.3 is 6.18 Å². The fourth-order valence-corrected chi connectivity index (χ4v) is 4.12. The minimum absolute atomic E-state index is 0.00153. The summed E-state index contributed by atoms with van der Waals surface area (Å²) in [5.41, 5.74) is -1.81. The van der Waals surface area contributed by atoms with Crippen LogP contribution in [0.25, 0.3) is 5.82 Å². The molecule has 0 bridgehead atoms. The number of hydrogen-bond donors (Lipinski definition) is 2. The number of rotatable bonds is 6. The molecule has 174 valence electrons. The number of alkyl halides is 3. The molecule has 3 rings (SSSR count). The Hall–Kier alpha value is -2.28. The predicted molar refractivity (Wildman–Crippen MR) is 124 cm³/mol. The molecule has 2 N–H and O–H groups in total. The summed E-state index contributed by atoms with van der Waals surface area (Å²) in [7, 11) is 0.